The first-order valence-corrected chi connectivity index (χ1v) is 11.3. The summed E-state index contributed by atoms with van der Waals surface area (Å²) in [6, 6.07) is 31.3. The van der Waals surface area contributed by atoms with E-state index in [2.05, 4.69) is 98.8 Å². The van der Waals surface area contributed by atoms with Crippen molar-refractivity contribution in [2.24, 2.45) is 0 Å². The number of benzene rings is 4. The molecule has 152 valence electrons. The average molecular weight is 393 g/mol. The predicted octanol–water partition coefficient (Wildman–Crippen LogP) is 7.81. The topological polar surface area (TPSA) is 0 Å². The number of fused-ring (bicyclic) bond motifs is 1. The van der Waals surface area contributed by atoms with Gasteiger partial charge in [-0.05, 0) is 85.4 Å². The van der Waals surface area contributed by atoms with Gasteiger partial charge in [0.1, 0.15) is 0 Å². The normalized spacial score (nSPS) is 11.1. The van der Waals surface area contributed by atoms with E-state index >= 15 is 0 Å². The van der Waals surface area contributed by atoms with Crippen LogP contribution in [0.1, 0.15) is 46.2 Å². The van der Waals surface area contributed by atoms with Crippen molar-refractivity contribution < 1.29 is 0 Å². The van der Waals surface area contributed by atoms with Crippen molar-refractivity contribution in [1.82, 2.24) is 0 Å². The second-order valence-electron chi connectivity index (χ2n) is 8.62. The quantitative estimate of drug-likeness (QED) is 0.287. The van der Waals surface area contributed by atoms with Crippen molar-refractivity contribution in [2.45, 2.75) is 52.4 Å². The second-order valence-corrected chi connectivity index (χ2v) is 8.62. The molecule has 0 nitrogen and oxygen atoms in total. The van der Waals surface area contributed by atoms with Crippen LogP contribution in [0.2, 0.25) is 0 Å². The largest absolute Gasteiger partial charge is 0.0622 e. The molecule has 4 aromatic rings. The Labute approximate surface area is 181 Å². The highest BCUT2D eigenvalue weighted by molar-refractivity contribution is 5.90. The van der Waals surface area contributed by atoms with Crippen molar-refractivity contribution in [3.05, 3.63) is 118 Å². The van der Waals surface area contributed by atoms with Crippen molar-refractivity contribution in [3.8, 4) is 0 Å². The molecular weight excluding hydrogens is 360 g/mol. The van der Waals surface area contributed by atoms with Crippen LogP contribution in [-0.4, -0.2) is 0 Å². The van der Waals surface area contributed by atoms with Crippen LogP contribution < -0.4 is 0 Å². The van der Waals surface area contributed by atoms with Gasteiger partial charge in [-0.25, -0.2) is 0 Å². The minimum Gasteiger partial charge on any atom is -0.0622 e. The van der Waals surface area contributed by atoms with Crippen LogP contribution in [0.3, 0.4) is 0 Å². The maximum atomic E-state index is 2.40. The molecule has 0 fully saturated rings. The molecule has 0 saturated carbocycles. The lowest BCUT2D eigenvalue weighted by Gasteiger charge is -2.14. The molecule has 0 aliphatic carbocycles. The Kier molecular flexibility index (Phi) is 6.64. The molecule has 0 unspecified atom stereocenters. The van der Waals surface area contributed by atoms with Gasteiger partial charge in [0.2, 0.25) is 0 Å². The number of hydrogen-bond donors (Lipinski definition) is 0. The molecule has 0 aliphatic rings. The molecular formula is C30H32. The van der Waals surface area contributed by atoms with E-state index in [0.29, 0.717) is 0 Å². The molecule has 0 amide bonds. The van der Waals surface area contributed by atoms with Crippen molar-refractivity contribution in [1.29, 1.82) is 0 Å². The lowest BCUT2D eigenvalue weighted by atomic mass is 9.91. The van der Waals surface area contributed by atoms with Crippen LogP contribution in [0.4, 0.5) is 0 Å². The fourth-order valence-electron chi connectivity index (χ4n) is 4.60. The van der Waals surface area contributed by atoms with E-state index < -0.39 is 0 Å². The predicted molar refractivity (Wildman–Crippen MR) is 130 cm³/mol. The molecule has 0 heteroatoms. The monoisotopic (exact) mass is 392 g/mol. The maximum absolute atomic E-state index is 2.40. The molecule has 0 radical (unpaired) electrons. The summed E-state index contributed by atoms with van der Waals surface area (Å²) in [5, 5.41) is 2.92. The van der Waals surface area contributed by atoms with E-state index in [1.54, 1.807) is 0 Å². The van der Waals surface area contributed by atoms with Crippen LogP contribution in [0.25, 0.3) is 10.8 Å². The zero-order chi connectivity index (χ0) is 20.8. The first kappa shape index (κ1) is 20.4. The number of hydrogen-bond acceptors (Lipinski definition) is 0. The highest BCUT2D eigenvalue weighted by Crippen LogP contribution is 2.28. The smallest absolute Gasteiger partial charge is 0.0146 e. The molecule has 30 heavy (non-hydrogen) atoms. The summed E-state index contributed by atoms with van der Waals surface area (Å²) >= 11 is 0. The van der Waals surface area contributed by atoms with E-state index in [4.69, 9.17) is 0 Å². The van der Waals surface area contributed by atoms with E-state index in [1.807, 2.05) is 0 Å². The fourth-order valence-corrected chi connectivity index (χ4v) is 4.60. The maximum Gasteiger partial charge on any atom is -0.0146 e. The van der Waals surface area contributed by atoms with Crippen LogP contribution in [0.15, 0.2) is 84.9 Å². The van der Waals surface area contributed by atoms with Gasteiger partial charge in [0.15, 0.2) is 0 Å². The third-order valence-corrected chi connectivity index (χ3v) is 6.04. The highest BCUT2D eigenvalue weighted by Gasteiger charge is 2.09. The zero-order valence-electron chi connectivity index (χ0n) is 18.3. The first-order valence-electron chi connectivity index (χ1n) is 11.3. The molecule has 0 bridgehead atoms. The third-order valence-electron chi connectivity index (χ3n) is 6.04. The summed E-state index contributed by atoms with van der Waals surface area (Å²) in [6.45, 7) is 4.49. The van der Waals surface area contributed by atoms with Gasteiger partial charge in [-0.2, -0.15) is 0 Å². The van der Waals surface area contributed by atoms with Crippen molar-refractivity contribution in [3.63, 3.8) is 0 Å². The summed E-state index contributed by atoms with van der Waals surface area (Å²) in [5.41, 5.74) is 8.65. The van der Waals surface area contributed by atoms with Gasteiger partial charge in [-0.1, -0.05) is 96.1 Å². The lowest BCUT2D eigenvalue weighted by Crippen LogP contribution is -1.97. The lowest BCUT2D eigenvalue weighted by molar-refractivity contribution is 0.820. The summed E-state index contributed by atoms with van der Waals surface area (Å²) in [6.07, 6.45) is 6.96. The number of rotatable bonds is 8. The molecule has 4 rings (SSSR count). The van der Waals surface area contributed by atoms with Crippen LogP contribution in [-0.2, 0) is 25.7 Å². The Balaban J connectivity index is 1.53. The van der Waals surface area contributed by atoms with Gasteiger partial charge < -0.3 is 0 Å². The Morgan fingerprint density at radius 2 is 0.867 bits per heavy atom. The molecule has 0 aromatic heterocycles. The first-order chi connectivity index (χ1) is 14.7. The molecule has 0 saturated heterocycles. The minimum absolute atomic E-state index is 1.14. The van der Waals surface area contributed by atoms with Crippen LogP contribution in [0, 0.1) is 13.8 Å². The molecule has 4 aromatic carbocycles. The van der Waals surface area contributed by atoms with E-state index in [0.717, 1.165) is 25.7 Å². The highest BCUT2D eigenvalue weighted by atomic mass is 14.1. The summed E-state index contributed by atoms with van der Waals surface area (Å²) in [4.78, 5) is 0. The van der Waals surface area contributed by atoms with Gasteiger partial charge in [-0.3, -0.25) is 0 Å². The van der Waals surface area contributed by atoms with E-state index in [1.165, 1.54) is 57.0 Å². The van der Waals surface area contributed by atoms with Crippen LogP contribution in [0.5, 0.6) is 0 Å². The molecule has 0 N–H and O–H groups in total. The Hall–Kier alpha value is -2.86. The Morgan fingerprint density at radius 3 is 1.27 bits per heavy atom. The average Bonchev–Trinajstić information content (AvgIpc) is 2.76. The second kappa shape index (κ2) is 9.76. The van der Waals surface area contributed by atoms with Gasteiger partial charge in [0.25, 0.3) is 0 Å². The van der Waals surface area contributed by atoms with Crippen LogP contribution >= 0.6 is 0 Å². The van der Waals surface area contributed by atoms with E-state index in [9.17, 15) is 0 Å². The molecule has 0 heterocycles. The van der Waals surface area contributed by atoms with Crippen molar-refractivity contribution >= 4 is 10.8 Å². The van der Waals surface area contributed by atoms with Gasteiger partial charge in [0.05, 0.1) is 0 Å². The van der Waals surface area contributed by atoms with Gasteiger partial charge in [-0.15, -0.1) is 0 Å². The number of aryl methyl sites for hydroxylation is 6. The Bertz CT molecular complexity index is 1000. The fraction of sp³-hybridized carbons (Fsp3) is 0.267. The Morgan fingerprint density at radius 1 is 0.467 bits per heavy atom. The summed E-state index contributed by atoms with van der Waals surface area (Å²) < 4.78 is 0. The van der Waals surface area contributed by atoms with Crippen molar-refractivity contribution in [2.75, 3.05) is 0 Å². The van der Waals surface area contributed by atoms with E-state index in [-0.39, 0.29) is 0 Å². The molecule has 0 spiro atoms. The summed E-state index contributed by atoms with van der Waals surface area (Å²) in [5.74, 6) is 0. The minimum atomic E-state index is 1.14. The van der Waals surface area contributed by atoms with Gasteiger partial charge >= 0.3 is 0 Å². The van der Waals surface area contributed by atoms with Gasteiger partial charge in [0, 0.05) is 0 Å². The standard InChI is InChI=1S/C30H32/c1-23-19-27(17-9-15-25-11-5-3-6-12-25)30-22-24(2)20-28(29(30)21-23)18-10-16-26-13-7-4-8-14-26/h3-8,11-14,19-22H,9-10,15-18H2,1-2H3. The molecule has 0 aliphatic heterocycles. The zero-order valence-corrected chi connectivity index (χ0v) is 18.3. The summed E-state index contributed by atoms with van der Waals surface area (Å²) in [7, 11) is 0. The SMILES string of the molecule is Cc1cc(CCCc2ccccc2)c2cc(C)cc(CCCc3ccccc3)c2c1. The third kappa shape index (κ3) is 5.19. The molecule has 0 atom stereocenters.